The number of nitrogens with one attached hydrogen (secondary N) is 1. The van der Waals surface area contributed by atoms with Crippen LogP contribution in [0.3, 0.4) is 0 Å². The molecule has 140 valence electrons. The Bertz CT molecular complexity index is 1110. The van der Waals surface area contributed by atoms with Gasteiger partial charge in [0, 0.05) is 25.5 Å². The van der Waals surface area contributed by atoms with Gasteiger partial charge < -0.3 is 10.2 Å². The Labute approximate surface area is 164 Å². The number of thiophene rings is 1. The maximum Gasteiger partial charge on any atom is 0.265 e. The fourth-order valence-corrected chi connectivity index (χ4v) is 5.27. The number of fused-ring (bicyclic) bond motifs is 2. The van der Waals surface area contributed by atoms with Gasteiger partial charge in [-0.05, 0) is 32.9 Å². The molecule has 0 fully saturated rings. The van der Waals surface area contributed by atoms with E-state index in [0.29, 0.717) is 10.6 Å². The average Bonchev–Trinajstić information content (AvgIpc) is 3.29. The zero-order chi connectivity index (χ0) is 19.1. The summed E-state index contributed by atoms with van der Waals surface area (Å²) in [4.78, 5) is 25.5. The van der Waals surface area contributed by atoms with Gasteiger partial charge in [-0.25, -0.2) is 9.97 Å². The Morgan fingerprint density at radius 3 is 2.74 bits per heavy atom. The number of aryl methyl sites for hydroxylation is 2. The van der Waals surface area contributed by atoms with Gasteiger partial charge in [0.1, 0.15) is 4.83 Å². The molecule has 0 bridgehead atoms. The average molecular weight is 401 g/mol. The first-order chi connectivity index (χ1) is 13.0. The zero-order valence-corrected chi connectivity index (χ0v) is 17.2. The Morgan fingerprint density at radius 1 is 1.26 bits per heavy atom. The quantitative estimate of drug-likeness (QED) is 0.547. The van der Waals surface area contributed by atoms with E-state index in [2.05, 4.69) is 39.1 Å². The van der Waals surface area contributed by atoms with E-state index in [1.807, 2.05) is 26.1 Å². The van der Waals surface area contributed by atoms with Gasteiger partial charge in [-0.15, -0.1) is 11.3 Å². The summed E-state index contributed by atoms with van der Waals surface area (Å²) in [5.74, 6) is -0.141. The molecule has 9 heteroatoms. The van der Waals surface area contributed by atoms with E-state index in [0.717, 1.165) is 44.5 Å². The summed E-state index contributed by atoms with van der Waals surface area (Å²) in [5.41, 5.74) is 2.35. The summed E-state index contributed by atoms with van der Waals surface area (Å²) in [5, 5.41) is 9.24. The zero-order valence-electron chi connectivity index (χ0n) is 15.6. The van der Waals surface area contributed by atoms with Crippen LogP contribution in [0.1, 0.15) is 29.2 Å². The van der Waals surface area contributed by atoms with Crippen molar-refractivity contribution in [3.8, 4) is 0 Å². The molecule has 0 saturated heterocycles. The Hall–Kier alpha value is -2.52. The first kappa shape index (κ1) is 17.9. The van der Waals surface area contributed by atoms with Crippen LogP contribution in [0.5, 0.6) is 0 Å². The summed E-state index contributed by atoms with van der Waals surface area (Å²) < 4.78 is 2.78. The normalized spacial score (nSPS) is 11.4. The number of thiazole rings is 1. The minimum Gasteiger partial charge on any atom is -0.349 e. The number of amides is 1. The van der Waals surface area contributed by atoms with Crippen LogP contribution in [-0.4, -0.2) is 38.7 Å². The van der Waals surface area contributed by atoms with E-state index in [4.69, 9.17) is 0 Å². The van der Waals surface area contributed by atoms with Crippen LogP contribution in [0, 0.1) is 6.92 Å². The van der Waals surface area contributed by atoms with Crippen molar-refractivity contribution in [2.75, 3.05) is 23.3 Å². The van der Waals surface area contributed by atoms with Crippen LogP contribution in [0.2, 0.25) is 0 Å². The number of rotatable bonds is 5. The van der Waals surface area contributed by atoms with Crippen molar-refractivity contribution in [3.05, 3.63) is 28.9 Å². The summed E-state index contributed by atoms with van der Waals surface area (Å²) in [6.45, 7) is 8.02. The fraction of sp³-hybridized carbons (Fsp3) is 0.333. The number of nitrogens with zero attached hydrogens (tertiary/aromatic N) is 5. The second-order valence-electron chi connectivity index (χ2n) is 6.21. The molecule has 4 aromatic rings. The molecule has 0 atom stereocenters. The Kier molecular flexibility index (Phi) is 4.56. The molecule has 27 heavy (non-hydrogen) atoms. The highest BCUT2D eigenvalue weighted by atomic mass is 32.1. The highest BCUT2D eigenvalue weighted by molar-refractivity contribution is 7.29. The minimum absolute atomic E-state index is 0.141. The van der Waals surface area contributed by atoms with Crippen LogP contribution in [0.4, 0.5) is 10.8 Å². The van der Waals surface area contributed by atoms with Gasteiger partial charge in [-0.2, -0.15) is 5.10 Å². The van der Waals surface area contributed by atoms with Crippen LogP contribution < -0.4 is 10.2 Å². The molecular formula is C18H20N6OS2. The van der Waals surface area contributed by atoms with E-state index in [1.54, 1.807) is 22.2 Å². The first-order valence-electron chi connectivity index (χ1n) is 8.76. The molecule has 0 unspecified atom stereocenters. The molecule has 0 aliphatic rings. The lowest BCUT2D eigenvalue weighted by Crippen LogP contribution is -2.21. The van der Waals surface area contributed by atoms with Gasteiger partial charge in [0.15, 0.2) is 10.8 Å². The van der Waals surface area contributed by atoms with Crippen molar-refractivity contribution >= 4 is 60.0 Å². The molecule has 4 rings (SSSR count). The second-order valence-corrected chi connectivity index (χ2v) is 8.25. The van der Waals surface area contributed by atoms with Crippen molar-refractivity contribution < 1.29 is 4.79 Å². The first-order valence-corrected chi connectivity index (χ1v) is 10.4. The van der Waals surface area contributed by atoms with E-state index in [-0.39, 0.29) is 5.91 Å². The highest BCUT2D eigenvalue weighted by Crippen LogP contribution is 2.35. The minimum atomic E-state index is -0.141. The lowest BCUT2D eigenvalue weighted by molar-refractivity contribution is 0.103. The fourth-order valence-electron chi connectivity index (χ4n) is 3.03. The topological polar surface area (TPSA) is 75.9 Å². The highest BCUT2D eigenvalue weighted by Gasteiger charge is 2.17. The lowest BCUT2D eigenvalue weighted by Gasteiger charge is -2.16. The SMILES string of the molecule is CCN(CC)c1nc2sc(C(=O)Nc3cnc4c(c3)c(C)nn4C)cc2s1. The van der Waals surface area contributed by atoms with Gasteiger partial charge in [0.2, 0.25) is 0 Å². The molecule has 0 spiro atoms. The van der Waals surface area contributed by atoms with E-state index < -0.39 is 0 Å². The smallest absolute Gasteiger partial charge is 0.265 e. The van der Waals surface area contributed by atoms with Crippen LogP contribution in [-0.2, 0) is 7.05 Å². The molecule has 4 heterocycles. The maximum absolute atomic E-state index is 12.7. The van der Waals surface area contributed by atoms with E-state index in [1.165, 1.54) is 11.3 Å². The van der Waals surface area contributed by atoms with E-state index in [9.17, 15) is 4.79 Å². The Morgan fingerprint density at radius 2 is 2.04 bits per heavy atom. The van der Waals surface area contributed by atoms with Gasteiger partial charge >= 0.3 is 0 Å². The van der Waals surface area contributed by atoms with Crippen molar-refractivity contribution in [1.29, 1.82) is 0 Å². The van der Waals surface area contributed by atoms with Crippen molar-refractivity contribution in [2.45, 2.75) is 20.8 Å². The number of aromatic nitrogens is 4. The number of pyridine rings is 1. The van der Waals surface area contributed by atoms with Gasteiger partial charge in [0.25, 0.3) is 5.91 Å². The monoisotopic (exact) mass is 400 g/mol. The number of carbonyl (C=O) groups excluding carboxylic acids is 1. The van der Waals surface area contributed by atoms with Gasteiger partial charge in [0.05, 0.1) is 27.2 Å². The summed E-state index contributed by atoms with van der Waals surface area (Å²) in [6, 6.07) is 3.83. The molecule has 1 N–H and O–H groups in total. The Balaban J connectivity index is 1.57. The number of carbonyl (C=O) groups is 1. The van der Waals surface area contributed by atoms with Gasteiger partial charge in [-0.1, -0.05) is 11.3 Å². The maximum atomic E-state index is 12.7. The van der Waals surface area contributed by atoms with Crippen LogP contribution in [0.15, 0.2) is 18.3 Å². The van der Waals surface area contributed by atoms with Crippen molar-refractivity contribution in [1.82, 2.24) is 19.7 Å². The second kappa shape index (κ2) is 6.90. The third-order valence-corrected chi connectivity index (χ3v) is 6.68. The number of anilines is 2. The van der Waals surface area contributed by atoms with Crippen molar-refractivity contribution in [3.63, 3.8) is 0 Å². The number of hydrogen-bond donors (Lipinski definition) is 1. The third-order valence-electron chi connectivity index (χ3n) is 4.46. The largest absolute Gasteiger partial charge is 0.349 e. The molecule has 0 aliphatic heterocycles. The third kappa shape index (κ3) is 3.17. The standard InChI is InChI=1S/C18H20N6OS2/c1-5-24(6-2)18-21-17-14(27-18)8-13(26-17)16(25)20-11-7-12-10(3)22-23(4)15(12)19-9-11/h7-9H,5-6H2,1-4H3,(H,20,25). The molecule has 4 aromatic heterocycles. The summed E-state index contributed by atoms with van der Waals surface area (Å²) in [6.07, 6.45) is 1.66. The van der Waals surface area contributed by atoms with E-state index >= 15 is 0 Å². The molecule has 1 amide bonds. The van der Waals surface area contributed by atoms with Gasteiger partial charge in [-0.3, -0.25) is 9.48 Å². The molecule has 0 saturated carbocycles. The predicted octanol–water partition coefficient (Wildman–Crippen LogP) is 4.05. The molecular weight excluding hydrogens is 380 g/mol. The molecule has 0 radical (unpaired) electrons. The predicted molar refractivity (Wildman–Crippen MR) is 112 cm³/mol. The summed E-state index contributed by atoms with van der Waals surface area (Å²) in [7, 11) is 1.86. The molecule has 0 aromatic carbocycles. The van der Waals surface area contributed by atoms with Crippen molar-refractivity contribution in [2.24, 2.45) is 7.05 Å². The summed E-state index contributed by atoms with van der Waals surface area (Å²) >= 11 is 3.05. The van der Waals surface area contributed by atoms with Crippen LogP contribution >= 0.6 is 22.7 Å². The lowest BCUT2D eigenvalue weighted by atomic mass is 10.2. The molecule has 0 aliphatic carbocycles. The molecule has 7 nitrogen and oxygen atoms in total. The number of hydrogen-bond acceptors (Lipinski definition) is 7. The van der Waals surface area contributed by atoms with Crippen LogP contribution in [0.25, 0.3) is 20.6 Å².